The molecule has 4 nitrogen and oxygen atoms in total. The number of nitrogens with zero attached hydrogens (tertiary/aromatic N) is 1. The number of rotatable bonds is 5. The van der Waals surface area contributed by atoms with Crippen molar-refractivity contribution in [1.29, 1.82) is 0 Å². The average Bonchev–Trinajstić information content (AvgIpc) is 3.16. The van der Waals surface area contributed by atoms with Gasteiger partial charge in [-0.15, -0.1) is 0 Å². The van der Waals surface area contributed by atoms with Gasteiger partial charge in [0.15, 0.2) is 0 Å². The SMILES string of the molecule is CCc1ccc(-c2ncco2)cc1-c1ccc(NC(=O)C(C)C)cc1. The van der Waals surface area contributed by atoms with Crippen LogP contribution in [0, 0.1) is 5.92 Å². The second-order valence-corrected chi connectivity index (χ2v) is 6.28. The van der Waals surface area contributed by atoms with Crippen molar-refractivity contribution < 1.29 is 9.21 Å². The molecule has 3 aromatic rings. The molecule has 0 unspecified atom stereocenters. The zero-order valence-corrected chi connectivity index (χ0v) is 14.7. The molecule has 1 amide bonds. The summed E-state index contributed by atoms with van der Waals surface area (Å²) in [6, 6.07) is 14.2. The highest BCUT2D eigenvalue weighted by Crippen LogP contribution is 2.30. The summed E-state index contributed by atoms with van der Waals surface area (Å²) >= 11 is 0. The van der Waals surface area contributed by atoms with E-state index in [0.29, 0.717) is 5.89 Å². The number of hydrogen-bond acceptors (Lipinski definition) is 3. The second kappa shape index (κ2) is 7.34. The van der Waals surface area contributed by atoms with Crippen molar-refractivity contribution in [3.05, 3.63) is 60.5 Å². The molecule has 0 saturated carbocycles. The zero-order valence-electron chi connectivity index (χ0n) is 14.7. The molecule has 1 heterocycles. The van der Waals surface area contributed by atoms with Crippen molar-refractivity contribution in [2.24, 2.45) is 5.92 Å². The number of amides is 1. The smallest absolute Gasteiger partial charge is 0.226 e. The van der Waals surface area contributed by atoms with Gasteiger partial charge in [0.05, 0.1) is 6.20 Å². The molecule has 0 aliphatic heterocycles. The summed E-state index contributed by atoms with van der Waals surface area (Å²) in [7, 11) is 0. The van der Waals surface area contributed by atoms with Crippen molar-refractivity contribution in [2.75, 3.05) is 5.32 Å². The minimum absolute atomic E-state index is 0.0212. The van der Waals surface area contributed by atoms with Crippen LogP contribution in [-0.2, 0) is 11.2 Å². The molecule has 0 radical (unpaired) electrons. The molecule has 4 heteroatoms. The molecule has 0 atom stereocenters. The van der Waals surface area contributed by atoms with Gasteiger partial charge in [-0.2, -0.15) is 0 Å². The van der Waals surface area contributed by atoms with Crippen LogP contribution in [0.4, 0.5) is 5.69 Å². The lowest BCUT2D eigenvalue weighted by molar-refractivity contribution is -0.118. The summed E-state index contributed by atoms with van der Waals surface area (Å²) in [6.07, 6.45) is 4.16. The predicted octanol–water partition coefficient (Wildman–Crippen LogP) is 5.17. The van der Waals surface area contributed by atoms with Crippen LogP contribution in [-0.4, -0.2) is 10.9 Å². The summed E-state index contributed by atoms with van der Waals surface area (Å²) in [5, 5.41) is 2.92. The first-order valence-electron chi connectivity index (χ1n) is 8.52. The lowest BCUT2D eigenvalue weighted by atomic mass is 9.95. The zero-order chi connectivity index (χ0) is 17.8. The van der Waals surface area contributed by atoms with Crippen LogP contribution in [0.3, 0.4) is 0 Å². The quantitative estimate of drug-likeness (QED) is 0.700. The predicted molar refractivity (Wildman–Crippen MR) is 100 cm³/mol. The summed E-state index contributed by atoms with van der Waals surface area (Å²) in [5.74, 6) is 0.599. The van der Waals surface area contributed by atoms with Crippen LogP contribution in [0.25, 0.3) is 22.6 Å². The van der Waals surface area contributed by atoms with E-state index in [1.165, 1.54) is 5.56 Å². The number of carbonyl (C=O) groups is 1. The van der Waals surface area contributed by atoms with E-state index >= 15 is 0 Å². The summed E-state index contributed by atoms with van der Waals surface area (Å²) in [4.78, 5) is 16.0. The van der Waals surface area contributed by atoms with E-state index in [1.54, 1.807) is 12.5 Å². The van der Waals surface area contributed by atoms with E-state index in [0.717, 1.165) is 28.8 Å². The highest BCUT2D eigenvalue weighted by Gasteiger charge is 2.10. The Kier molecular flexibility index (Phi) is 4.98. The summed E-state index contributed by atoms with van der Waals surface area (Å²) in [5.41, 5.74) is 5.28. The Labute approximate surface area is 147 Å². The van der Waals surface area contributed by atoms with Crippen LogP contribution in [0.5, 0.6) is 0 Å². The van der Waals surface area contributed by atoms with Crippen LogP contribution in [0.2, 0.25) is 0 Å². The molecule has 1 N–H and O–H groups in total. The van der Waals surface area contributed by atoms with Crippen molar-refractivity contribution in [3.8, 4) is 22.6 Å². The molecule has 0 aliphatic carbocycles. The lowest BCUT2D eigenvalue weighted by Gasteiger charge is -2.12. The van der Waals surface area contributed by atoms with Crippen molar-refractivity contribution in [2.45, 2.75) is 27.2 Å². The first-order chi connectivity index (χ1) is 12.1. The number of anilines is 1. The Morgan fingerprint density at radius 1 is 1.12 bits per heavy atom. The van der Waals surface area contributed by atoms with Crippen LogP contribution in [0.1, 0.15) is 26.3 Å². The third-order valence-electron chi connectivity index (χ3n) is 4.16. The fourth-order valence-corrected chi connectivity index (χ4v) is 2.67. The molecule has 0 aliphatic rings. The Bertz CT molecular complexity index is 850. The number of oxazole rings is 1. The van der Waals surface area contributed by atoms with Gasteiger partial charge < -0.3 is 9.73 Å². The maximum atomic E-state index is 11.8. The molecule has 0 bridgehead atoms. The van der Waals surface area contributed by atoms with E-state index in [-0.39, 0.29) is 11.8 Å². The average molecular weight is 334 g/mol. The first kappa shape index (κ1) is 17.0. The van der Waals surface area contributed by atoms with Gasteiger partial charge in [-0.3, -0.25) is 4.79 Å². The third kappa shape index (κ3) is 3.79. The second-order valence-electron chi connectivity index (χ2n) is 6.28. The normalized spacial score (nSPS) is 10.9. The number of carbonyl (C=O) groups excluding carboxylic acids is 1. The van der Waals surface area contributed by atoms with E-state index in [1.807, 2.05) is 44.2 Å². The van der Waals surface area contributed by atoms with Gasteiger partial charge in [0, 0.05) is 17.2 Å². The highest BCUT2D eigenvalue weighted by atomic mass is 16.3. The Morgan fingerprint density at radius 3 is 2.44 bits per heavy atom. The number of aryl methyl sites for hydroxylation is 1. The minimum Gasteiger partial charge on any atom is -0.445 e. The van der Waals surface area contributed by atoms with Gasteiger partial charge in [0.25, 0.3) is 0 Å². The van der Waals surface area contributed by atoms with Gasteiger partial charge in [-0.05, 0) is 47.4 Å². The fourth-order valence-electron chi connectivity index (χ4n) is 2.67. The minimum atomic E-state index is -0.0381. The number of hydrogen-bond donors (Lipinski definition) is 1. The molecule has 128 valence electrons. The molecular formula is C21H22N2O2. The number of nitrogens with one attached hydrogen (secondary N) is 1. The molecule has 0 saturated heterocycles. The van der Waals surface area contributed by atoms with Crippen LogP contribution in [0.15, 0.2) is 59.3 Å². The fraction of sp³-hybridized carbons (Fsp3) is 0.238. The lowest BCUT2D eigenvalue weighted by Crippen LogP contribution is -2.17. The molecule has 25 heavy (non-hydrogen) atoms. The topological polar surface area (TPSA) is 55.1 Å². The monoisotopic (exact) mass is 334 g/mol. The van der Waals surface area contributed by atoms with Crippen molar-refractivity contribution in [1.82, 2.24) is 4.98 Å². The van der Waals surface area contributed by atoms with Crippen LogP contribution >= 0.6 is 0 Å². The summed E-state index contributed by atoms with van der Waals surface area (Å²) < 4.78 is 5.41. The van der Waals surface area contributed by atoms with Crippen molar-refractivity contribution in [3.63, 3.8) is 0 Å². The Balaban J connectivity index is 1.92. The van der Waals surface area contributed by atoms with Gasteiger partial charge >= 0.3 is 0 Å². The molecule has 0 fully saturated rings. The van der Waals surface area contributed by atoms with Gasteiger partial charge in [0.1, 0.15) is 6.26 Å². The standard InChI is InChI=1S/C21H22N2O2/c1-4-15-5-6-17(21-22-11-12-25-21)13-19(15)16-7-9-18(10-8-16)23-20(24)14(2)3/h5-14H,4H2,1-3H3,(H,23,24). The van der Waals surface area contributed by atoms with Gasteiger partial charge in [0.2, 0.25) is 11.8 Å². The Hall–Kier alpha value is -2.88. The van der Waals surface area contributed by atoms with E-state index in [9.17, 15) is 4.79 Å². The largest absolute Gasteiger partial charge is 0.445 e. The molecule has 1 aromatic heterocycles. The molecule has 3 rings (SSSR count). The maximum Gasteiger partial charge on any atom is 0.226 e. The molecule has 2 aromatic carbocycles. The Morgan fingerprint density at radius 2 is 1.84 bits per heavy atom. The first-order valence-corrected chi connectivity index (χ1v) is 8.52. The van der Waals surface area contributed by atoms with Crippen LogP contribution < -0.4 is 5.32 Å². The van der Waals surface area contributed by atoms with Gasteiger partial charge in [-0.25, -0.2) is 4.98 Å². The van der Waals surface area contributed by atoms with E-state index < -0.39 is 0 Å². The maximum absolute atomic E-state index is 11.8. The van der Waals surface area contributed by atoms with Gasteiger partial charge in [-0.1, -0.05) is 39.0 Å². The summed E-state index contributed by atoms with van der Waals surface area (Å²) in [6.45, 7) is 5.90. The third-order valence-corrected chi connectivity index (χ3v) is 4.16. The molecular weight excluding hydrogens is 312 g/mol. The highest BCUT2D eigenvalue weighted by molar-refractivity contribution is 5.92. The van der Waals surface area contributed by atoms with Crippen molar-refractivity contribution >= 4 is 11.6 Å². The van der Waals surface area contributed by atoms with E-state index in [4.69, 9.17) is 4.42 Å². The number of aromatic nitrogens is 1. The van der Waals surface area contributed by atoms with E-state index in [2.05, 4.69) is 29.4 Å². The number of benzene rings is 2. The molecule has 0 spiro atoms.